The van der Waals surface area contributed by atoms with Crippen LogP contribution in [0.25, 0.3) is 6.08 Å². The van der Waals surface area contributed by atoms with Gasteiger partial charge in [-0.2, -0.15) is 0 Å². The molecular formula is C12H13N. The normalized spacial score (nSPS) is 29.0. The van der Waals surface area contributed by atoms with Gasteiger partial charge in [-0.15, -0.1) is 0 Å². The Hall–Kier alpha value is -1.08. The lowest BCUT2D eigenvalue weighted by Crippen LogP contribution is -2.01. The minimum Gasteiger partial charge on any atom is -0.327 e. The Morgan fingerprint density at radius 3 is 2.92 bits per heavy atom. The molecule has 2 aliphatic carbocycles. The molecule has 2 N–H and O–H groups in total. The Morgan fingerprint density at radius 1 is 1.31 bits per heavy atom. The van der Waals surface area contributed by atoms with Crippen LogP contribution < -0.4 is 5.73 Å². The van der Waals surface area contributed by atoms with Gasteiger partial charge in [0.15, 0.2) is 0 Å². The van der Waals surface area contributed by atoms with Crippen LogP contribution in [0.4, 0.5) is 0 Å². The smallest absolute Gasteiger partial charge is 0.0115 e. The summed E-state index contributed by atoms with van der Waals surface area (Å²) >= 11 is 0. The Balaban J connectivity index is 1.98. The van der Waals surface area contributed by atoms with E-state index in [0.29, 0.717) is 12.0 Å². The van der Waals surface area contributed by atoms with Gasteiger partial charge in [-0.1, -0.05) is 30.4 Å². The molecular weight excluding hydrogens is 158 g/mol. The van der Waals surface area contributed by atoms with Crippen molar-refractivity contribution in [2.75, 3.05) is 0 Å². The van der Waals surface area contributed by atoms with Gasteiger partial charge in [-0.3, -0.25) is 0 Å². The van der Waals surface area contributed by atoms with E-state index in [0.717, 1.165) is 6.42 Å². The molecule has 1 fully saturated rings. The molecule has 2 unspecified atom stereocenters. The summed E-state index contributed by atoms with van der Waals surface area (Å²) < 4.78 is 0. The summed E-state index contributed by atoms with van der Waals surface area (Å²) in [4.78, 5) is 0. The van der Waals surface area contributed by atoms with E-state index in [2.05, 4.69) is 30.4 Å². The number of hydrogen-bond acceptors (Lipinski definition) is 1. The first-order chi connectivity index (χ1) is 6.34. The zero-order valence-electron chi connectivity index (χ0n) is 7.53. The van der Waals surface area contributed by atoms with Crippen molar-refractivity contribution in [1.29, 1.82) is 0 Å². The molecule has 66 valence electrons. The zero-order valence-corrected chi connectivity index (χ0v) is 7.53. The van der Waals surface area contributed by atoms with Crippen molar-refractivity contribution in [3.8, 4) is 0 Å². The Bertz CT molecular complexity index is 379. The monoisotopic (exact) mass is 171 g/mol. The van der Waals surface area contributed by atoms with Gasteiger partial charge in [0.25, 0.3) is 0 Å². The first-order valence-corrected chi connectivity index (χ1v) is 4.89. The largest absolute Gasteiger partial charge is 0.327 e. The van der Waals surface area contributed by atoms with Crippen LogP contribution in [0.3, 0.4) is 0 Å². The standard InChI is InChI=1S/C12H13N/c13-12-7-11(12)10-5-4-8-2-1-3-9(8)6-10/h1-2,4-6,11-12H,3,7,13H2. The number of hydrogen-bond donors (Lipinski definition) is 1. The molecule has 1 saturated carbocycles. The zero-order chi connectivity index (χ0) is 8.84. The van der Waals surface area contributed by atoms with Crippen molar-refractivity contribution in [3.63, 3.8) is 0 Å². The molecule has 0 heterocycles. The quantitative estimate of drug-likeness (QED) is 0.687. The highest BCUT2D eigenvalue weighted by molar-refractivity contribution is 5.60. The maximum Gasteiger partial charge on any atom is 0.0115 e. The lowest BCUT2D eigenvalue weighted by Gasteiger charge is -2.02. The van der Waals surface area contributed by atoms with Crippen molar-refractivity contribution in [2.24, 2.45) is 5.73 Å². The topological polar surface area (TPSA) is 26.0 Å². The van der Waals surface area contributed by atoms with Crippen LogP contribution in [-0.2, 0) is 6.42 Å². The summed E-state index contributed by atoms with van der Waals surface area (Å²) in [5.41, 5.74) is 10.1. The van der Waals surface area contributed by atoms with Gasteiger partial charge >= 0.3 is 0 Å². The minimum atomic E-state index is 0.424. The molecule has 2 aliphatic rings. The van der Waals surface area contributed by atoms with E-state index in [9.17, 15) is 0 Å². The van der Waals surface area contributed by atoms with E-state index in [1.807, 2.05) is 0 Å². The molecule has 2 atom stereocenters. The number of nitrogens with two attached hydrogens (primary N) is 1. The van der Waals surface area contributed by atoms with Crippen LogP contribution in [0.5, 0.6) is 0 Å². The molecule has 1 aromatic carbocycles. The molecule has 1 aromatic rings. The lowest BCUT2D eigenvalue weighted by molar-refractivity contribution is 0.987. The van der Waals surface area contributed by atoms with Crippen molar-refractivity contribution in [2.45, 2.75) is 24.8 Å². The van der Waals surface area contributed by atoms with Gasteiger partial charge in [-0.25, -0.2) is 0 Å². The van der Waals surface area contributed by atoms with Gasteiger partial charge in [0.05, 0.1) is 0 Å². The molecule has 13 heavy (non-hydrogen) atoms. The summed E-state index contributed by atoms with van der Waals surface area (Å²) in [6, 6.07) is 7.20. The van der Waals surface area contributed by atoms with E-state index in [1.54, 1.807) is 0 Å². The average Bonchev–Trinajstić information content (AvgIpc) is 2.70. The first-order valence-electron chi connectivity index (χ1n) is 4.89. The summed E-state index contributed by atoms with van der Waals surface area (Å²) in [5, 5.41) is 0. The molecule has 1 heteroatoms. The summed E-state index contributed by atoms with van der Waals surface area (Å²) in [6.07, 6.45) is 6.70. The van der Waals surface area contributed by atoms with Crippen molar-refractivity contribution in [1.82, 2.24) is 0 Å². The van der Waals surface area contributed by atoms with Crippen LogP contribution in [-0.4, -0.2) is 6.04 Å². The summed E-state index contributed by atoms with van der Waals surface area (Å²) in [7, 11) is 0. The van der Waals surface area contributed by atoms with Gasteiger partial charge in [0.1, 0.15) is 0 Å². The van der Waals surface area contributed by atoms with Crippen molar-refractivity contribution >= 4 is 6.08 Å². The highest BCUT2D eigenvalue weighted by Gasteiger charge is 2.34. The minimum absolute atomic E-state index is 0.424. The second-order valence-electron chi connectivity index (χ2n) is 4.07. The fourth-order valence-corrected chi connectivity index (χ4v) is 2.11. The van der Waals surface area contributed by atoms with Gasteiger partial charge in [0.2, 0.25) is 0 Å². The predicted molar refractivity (Wildman–Crippen MR) is 54.5 cm³/mol. The molecule has 0 bridgehead atoms. The second-order valence-corrected chi connectivity index (χ2v) is 4.07. The second kappa shape index (κ2) is 2.46. The van der Waals surface area contributed by atoms with Crippen LogP contribution in [0.1, 0.15) is 29.0 Å². The molecule has 0 aromatic heterocycles. The van der Waals surface area contributed by atoms with E-state index < -0.39 is 0 Å². The third-order valence-electron chi connectivity index (χ3n) is 3.07. The maximum atomic E-state index is 5.83. The summed E-state index contributed by atoms with van der Waals surface area (Å²) in [6.45, 7) is 0. The first kappa shape index (κ1) is 7.34. The highest BCUT2D eigenvalue weighted by atomic mass is 14.7. The third-order valence-corrected chi connectivity index (χ3v) is 3.07. The molecule has 0 spiro atoms. The molecule has 0 amide bonds. The van der Waals surface area contributed by atoms with Crippen molar-refractivity contribution in [3.05, 3.63) is 41.0 Å². The molecule has 3 rings (SSSR count). The fraction of sp³-hybridized carbons (Fsp3) is 0.333. The SMILES string of the molecule is NC1CC1c1ccc2c(c1)CC=C2. The van der Waals surface area contributed by atoms with Gasteiger partial charge < -0.3 is 5.73 Å². The van der Waals surface area contributed by atoms with E-state index in [1.165, 1.54) is 23.1 Å². The molecule has 0 radical (unpaired) electrons. The highest BCUT2D eigenvalue weighted by Crippen LogP contribution is 2.40. The lowest BCUT2D eigenvalue weighted by atomic mass is 10.0. The number of allylic oxidation sites excluding steroid dienone is 1. The van der Waals surface area contributed by atoms with Gasteiger partial charge in [-0.05, 0) is 29.5 Å². The van der Waals surface area contributed by atoms with E-state index >= 15 is 0 Å². The van der Waals surface area contributed by atoms with E-state index in [4.69, 9.17) is 5.73 Å². The molecule has 0 saturated heterocycles. The molecule has 1 nitrogen and oxygen atoms in total. The average molecular weight is 171 g/mol. The number of benzene rings is 1. The molecule has 0 aliphatic heterocycles. The van der Waals surface area contributed by atoms with Crippen LogP contribution in [0, 0.1) is 0 Å². The third kappa shape index (κ3) is 1.11. The van der Waals surface area contributed by atoms with Crippen LogP contribution in [0.15, 0.2) is 24.3 Å². The van der Waals surface area contributed by atoms with Gasteiger partial charge in [0, 0.05) is 12.0 Å². The summed E-state index contributed by atoms with van der Waals surface area (Å²) in [5.74, 6) is 0.644. The number of rotatable bonds is 1. The predicted octanol–water partition coefficient (Wildman–Crippen LogP) is 2.07. The van der Waals surface area contributed by atoms with Crippen molar-refractivity contribution < 1.29 is 0 Å². The Morgan fingerprint density at radius 2 is 2.15 bits per heavy atom. The fourth-order valence-electron chi connectivity index (χ4n) is 2.11. The maximum absolute atomic E-state index is 5.83. The van der Waals surface area contributed by atoms with Crippen LogP contribution in [0.2, 0.25) is 0 Å². The van der Waals surface area contributed by atoms with Crippen LogP contribution >= 0.6 is 0 Å². The Labute approximate surface area is 78.3 Å². The van der Waals surface area contributed by atoms with E-state index in [-0.39, 0.29) is 0 Å². The Kier molecular flexibility index (Phi) is 1.39. The number of fused-ring (bicyclic) bond motifs is 1.